The van der Waals surface area contributed by atoms with Crippen LogP contribution >= 0.6 is 0 Å². The molecule has 4 aromatic rings. The quantitative estimate of drug-likeness (QED) is 0.586. The van der Waals surface area contributed by atoms with Crippen molar-refractivity contribution in [1.82, 2.24) is 20.2 Å². The molecule has 0 aliphatic rings. The molecule has 2 N–H and O–H groups in total. The molecule has 0 radical (unpaired) electrons. The summed E-state index contributed by atoms with van der Waals surface area (Å²) in [6, 6.07) is 11.7. The van der Waals surface area contributed by atoms with Crippen molar-refractivity contribution in [2.24, 2.45) is 0 Å². The van der Waals surface area contributed by atoms with Gasteiger partial charge in [0.25, 0.3) is 0 Å². The lowest BCUT2D eigenvalue weighted by atomic mass is 10.0. The van der Waals surface area contributed by atoms with Crippen LogP contribution in [0, 0.1) is 5.82 Å². The van der Waals surface area contributed by atoms with Gasteiger partial charge in [-0.3, -0.25) is 5.10 Å². The molecule has 4 nitrogen and oxygen atoms in total. The van der Waals surface area contributed by atoms with Gasteiger partial charge in [-0.15, -0.1) is 0 Å². The highest BCUT2D eigenvalue weighted by Gasteiger charge is 2.07. The number of hydrogen-bond donors (Lipinski definition) is 2. The molecular weight excluding hydrogens is 267 g/mol. The fraction of sp³-hybridized carbons (Fsp3) is 0. The van der Waals surface area contributed by atoms with Crippen LogP contribution in [0.1, 0.15) is 0 Å². The highest BCUT2D eigenvalue weighted by molar-refractivity contribution is 5.81. The van der Waals surface area contributed by atoms with E-state index >= 15 is 0 Å². The van der Waals surface area contributed by atoms with E-state index in [0.717, 1.165) is 27.7 Å². The van der Waals surface area contributed by atoms with Gasteiger partial charge in [0.2, 0.25) is 0 Å². The number of nitrogens with one attached hydrogen (secondary N) is 2. The predicted molar refractivity (Wildman–Crippen MR) is 79.1 cm³/mol. The van der Waals surface area contributed by atoms with Gasteiger partial charge in [-0.05, 0) is 17.7 Å². The van der Waals surface area contributed by atoms with Gasteiger partial charge in [0, 0.05) is 28.9 Å². The van der Waals surface area contributed by atoms with Crippen LogP contribution in [0.4, 0.5) is 4.39 Å². The Bertz CT molecular complexity index is 905. The van der Waals surface area contributed by atoms with Crippen LogP contribution < -0.4 is 0 Å². The minimum atomic E-state index is -0.349. The van der Waals surface area contributed by atoms with Gasteiger partial charge in [-0.2, -0.15) is 5.10 Å². The molecule has 0 bridgehead atoms. The summed E-state index contributed by atoms with van der Waals surface area (Å²) < 4.78 is 13.5. The number of benzene rings is 1. The lowest BCUT2D eigenvalue weighted by Gasteiger charge is -2.03. The first-order chi connectivity index (χ1) is 10.3. The van der Waals surface area contributed by atoms with Gasteiger partial charge in [0.1, 0.15) is 11.3 Å². The Morgan fingerprint density at radius 2 is 1.71 bits per heavy atom. The molecule has 21 heavy (non-hydrogen) atoms. The average molecular weight is 278 g/mol. The third-order valence-corrected chi connectivity index (χ3v) is 3.50. The van der Waals surface area contributed by atoms with Crippen molar-refractivity contribution in [3.8, 4) is 22.4 Å². The van der Waals surface area contributed by atoms with Crippen molar-refractivity contribution in [3.63, 3.8) is 0 Å². The topological polar surface area (TPSA) is 57.4 Å². The van der Waals surface area contributed by atoms with E-state index in [1.54, 1.807) is 0 Å². The molecule has 102 valence electrons. The van der Waals surface area contributed by atoms with Crippen molar-refractivity contribution >= 4 is 11.0 Å². The van der Waals surface area contributed by atoms with E-state index in [4.69, 9.17) is 0 Å². The van der Waals surface area contributed by atoms with Crippen molar-refractivity contribution in [1.29, 1.82) is 0 Å². The lowest BCUT2D eigenvalue weighted by Crippen LogP contribution is -1.84. The molecule has 0 saturated heterocycles. The monoisotopic (exact) mass is 278 g/mol. The molecule has 0 unspecified atom stereocenters. The summed E-state index contributed by atoms with van der Waals surface area (Å²) in [5.41, 5.74) is 4.10. The largest absolute Gasteiger partial charge is 0.346 e. The SMILES string of the molecule is Fc1cn[nH]c1-c1ccc(-c2cnc3[nH]ccc3c2)cc1. The highest BCUT2D eigenvalue weighted by atomic mass is 19.1. The minimum absolute atomic E-state index is 0.349. The maximum absolute atomic E-state index is 13.5. The molecule has 0 saturated carbocycles. The number of pyridine rings is 1. The molecule has 4 rings (SSSR count). The first-order valence-corrected chi connectivity index (χ1v) is 6.54. The second-order valence-electron chi connectivity index (χ2n) is 4.81. The Hall–Kier alpha value is -2.95. The zero-order chi connectivity index (χ0) is 14.2. The summed E-state index contributed by atoms with van der Waals surface area (Å²) in [7, 11) is 0. The highest BCUT2D eigenvalue weighted by Crippen LogP contribution is 2.26. The number of aromatic nitrogens is 4. The number of rotatable bonds is 2. The fourth-order valence-corrected chi connectivity index (χ4v) is 2.40. The number of nitrogens with zero attached hydrogens (tertiary/aromatic N) is 2. The fourth-order valence-electron chi connectivity index (χ4n) is 2.40. The van der Waals surface area contributed by atoms with Crippen molar-refractivity contribution in [2.75, 3.05) is 0 Å². The zero-order valence-electron chi connectivity index (χ0n) is 11.0. The zero-order valence-corrected chi connectivity index (χ0v) is 11.0. The third kappa shape index (κ3) is 1.99. The number of hydrogen-bond acceptors (Lipinski definition) is 2. The molecular formula is C16H11FN4. The Labute approximate surface area is 119 Å². The Balaban J connectivity index is 1.74. The summed E-state index contributed by atoms with van der Waals surface area (Å²) in [4.78, 5) is 7.44. The van der Waals surface area contributed by atoms with E-state index in [9.17, 15) is 4.39 Å². The smallest absolute Gasteiger partial charge is 0.168 e. The van der Waals surface area contributed by atoms with E-state index in [-0.39, 0.29) is 5.82 Å². The van der Waals surface area contributed by atoms with Gasteiger partial charge in [0.15, 0.2) is 5.82 Å². The molecule has 1 aromatic carbocycles. The third-order valence-electron chi connectivity index (χ3n) is 3.50. The average Bonchev–Trinajstić information content (AvgIpc) is 3.15. The molecule has 0 atom stereocenters. The van der Waals surface area contributed by atoms with Crippen LogP contribution in [-0.2, 0) is 0 Å². The van der Waals surface area contributed by atoms with E-state index in [0.29, 0.717) is 5.69 Å². The number of halogens is 1. The number of aromatic amines is 2. The maximum atomic E-state index is 13.5. The first-order valence-electron chi connectivity index (χ1n) is 6.54. The van der Waals surface area contributed by atoms with Gasteiger partial charge in [0.05, 0.1) is 6.20 Å². The molecule has 3 heterocycles. The van der Waals surface area contributed by atoms with E-state index in [1.165, 1.54) is 6.20 Å². The first kappa shape index (κ1) is 11.8. The van der Waals surface area contributed by atoms with E-state index < -0.39 is 0 Å². The standard InChI is InChI=1S/C16H11FN4/c17-14-9-20-21-15(14)11-3-1-10(2-4-11)13-7-12-5-6-18-16(12)19-8-13/h1-9H,(H,18,19)(H,20,21). The summed E-state index contributed by atoms with van der Waals surface area (Å²) in [5.74, 6) is -0.349. The summed E-state index contributed by atoms with van der Waals surface area (Å²) >= 11 is 0. The van der Waals surface area contributed by atoms with Crippen LogP contribution in [0.25, 0.3) is 33.4 Å². The number of H-pyrrole nitrogens is 2. The normalized spacial score (nSPS) is 11.1. The molecule has 0 amide bonds. The predicted octanol–water partition coefficient (Wildman–Crippen LogP) is 3.76. The molecule has 5 heteroatoms. The van der Waals surface area contributed by atoms with Crippen molar-refractivity contribution in [3.05, 3.63) is 60.8 Å². The van der Waals surface area contributed by atoms with E-state index in [2.05, 4.69) is 26.2 Å². The van der Waals surface area contributed by atoms with Crippen LogP contribution in [0.15, 0.2) is 55.0 Å². The Morgan fingerprint density at radius 3 is 2.48 bits per heavy atom. The summed E-state index contributed by atoms with van der Waals surface area (Å²) in [6.07, 6.45) is 4.86. The van der Waals surface area contributed by atoms with Crippen molar-refractivity contribution < 1.29 is 4.39 Å². The van der Waals surface area contributed by atoms with Crippen LogP contribution in [-0.4, -0.2) is 20.2 Å². The lowest BCUT2D eigenvalue weighted by molar-refractivity contribution is 0.632. The second-order valence-corrected chi connectivity index (χ2v) is 4.81. The number of fused-ring (bicyclic) bond motifs is 1. The minimum Gasteiger partial charge on any atom is -0.346 e. The van der Waals surface area contributed by atoms with Gasteiger partial charge in [-0.1, -0.05) is 24.3 Å². The van der Waals surface area contributed by atoms with Gasteiger partial charge < -0.3 is 4.98 Å². The molecule has 0 fully saturated rings. The van der Waals surface area contributed by atoms with E-state index in [1.807, 2.05) is 42.7 Å². The Morgan fingerprint density at radius 1 is 0.905 bits per heavy atom. The molecule has 0 aliphatic heterocycles. The Kier molecular flexibility index (Phi) is 2.57. The van der Waals surface area contributed by atoms with Crippen molar-refractivity contribution in [2.45, 2.75) is 0 Å². The summed E-state index contributed by atoms with van der Waals surface area (Å²) in [5, 5.41) is 7.42. The van der Waals surface area contributed by atoms with Crippen LogP contribution in [0.3, 0.4) is 0 Å². The molecule has 3 aromatic heterocycles. The molecule has 0 aliphatic carbocycles. The maximum Gasteiger partial charge on any atom is 0.168 e. The van der Waals surface area contributed by atoms with Gasteiger partial charge >= 0.3 is 0 Å². The summed E-state index contributed by atoms with van der Waals surface area (Å²) in [6.45, 7) is 0. The molecule has 0 spiro atoms. The van der Waals surface area contributed by atoms with Gasteiger partial charge in [-0.25, -0.2) is 9.37 Å². The van der Waals surface area contributed by atoms with Crippen LogP contribution in [0.2, 0.25) is 0 Å². The van der Waals surface area contributed by atoms with Crippen LogP contribution in [0.5, 0.6) is 0 Å². The second kappa shape index (κ2) is 4.56.